The Hall–Kier alpha value is -1.91. The Morgan fingerprint density at radius 1 is 1.30 bits per heavy atom. The topological polar surface area (TPSA) is 37.5 Å². The van der Waals surface area contributed by atoms with E-state index in [0.717, 1.165) is 11.1 Å². The van der Waals surface area contributed by atoms with E-state index >= 15 is 0 Å². The van der Waals surface area contributed by atoms with Gasteiger partial charge in [-0.1, -0.05) is 23.7 Å². The Bertz CT molecular complexity index is 756. The van der Waals surface area contributed by atoms with Gasteiger partial charge in [0.1, 0.15) is 5.82 Å². The van der Waals surface area contributed by atoms with Crippen LogP contribution in [-0.4, -0.2) is 14.7 Å². The van der Waals surface area contributed by atoms with Gasteiger partial charge in [0.05, 0.1) is 22.8 Å². The summed E-state index contributed by atoms with van der Waals surface area (Å²) in [6.07, 6.45) is 3.01. The number of pyridine rings is 1. The Labute approximate surface area is 120 Å². The van der Waals surface area contributed by atoms with Crippen LogP contribution >= 0.6 is 11.6 Å². The molecule has 1 atom stereocenters. The molecule has 2 heterocycles. The van der Waals surface area contributed by atoms with Gasteiger partial charge in [-0.15, -0.1) is 0 Å². The molecule has 0 aliphatic heterocycles. The van der Waals surface area contributed by atoms with Crippen LogP contribution in [-0.2, 0) is 6.42 Å². The molecule has 0 bridgehead atoms. The first-order valence-corrected chi connectivity index (χ1v) is 6.57. The van der Waals surface area contributed by atoms with Crippen molar-refractivity contribution in [3.63, 3.8) is 0 Å². The number of nitrogens with zero attached hydrogens (tertiary/aromatic N) is 2. The normalized spacial score (nSPS) is 12.8. The lowest BCUT2D eigenvalue weighted by Gasteiger charge is -2.10. The van der Waals surface area contributed by atoms with Crippen LogP contribution in [0.4, 0.5) is 4.39 Å². The molecule has 3 rings (SSSR count). The smallest absolute Gasteiger partial charge is 0.142 e. The van der Waals surface area contributed by atoms with E-state index < -0.39 is 11.9 Å². The molecule has 1 unspecified atom stereocenters. The minimum atomic E-state index is -0.740. The van der Waals surface area contributed by atoms with Gasteiger partial charge in [0.15, 0.2) is 0 Å². The van der Waals surface area contributed by atoms with Gasteiger partial charge < -0.3 is 5.11 Å². The van der Waals surface area contributed by atoms with Gasteiger partial charge in [0, 0.05) is 18.2 Å². The van der Waals surface area contributed by atoms with Gasteiger partial charge >= 0.3 is 0 Å². The van der Waals surface area contributed by atoms with Crippen LogP contribution in [0.25, 0.3) is 5.52 Å². The molecular formula is C15H12ClFN2O. The van der Waals surface area contributed by atoms with Gasteiger partial charge in [-0.25, -0.2) is 8.91 Å². The van der Waals surface area contributed by atoms with Crippen LogP contribution < -0.4 is 0 Å². The first kappa shape index (κ1) is 13.1. The summed E-state index contributed by atoms with van der Waals surface area (Å²) in [6.45, 7) is 0. The first-order chi connectivity index (χ1) is 9.65. The van der Waals surface area contributed by atoms with Crippen molar-refractivity contribution in [1.82, 2.24) is 9.61 Å². The number of hydrogen-bond acceptors (Lipinski definition) is 2. The summed E-state index contributed by atoms with van der Waals surface area (Å²) in [6, 6.07) is 10.2. The highest BCUT2D eigenvalue weighted by Crippen LogP contribution is 2.24. The van der Waals surface area contributed by atoms with Gasteiger partial charge in [-0.3, -0.25) is 0 Å². The molecule has 0 saturated heterocycles. The van der Waals surface area contributed by atoms with Crippen LogP contribution in [0.1, 0.15) is 17.2 Å². The maximum atomic E-state index is 13.4. The summed E-state index contributed by atoms with van der Waals surface area (Å²) in [5, 5.41) is 14.6. The Kier molecular flexibility index (Phi) is 3.42. The average molecular weight is 291 g/mol. The first-order valence-electron chi connectivity index (χ1n) is 6.19. The van der Waals surface area contributed by atoms with E-state index in [-0.39, 0.29) is 5.02 Å². The molecule has 20 heavy (non-hydrogen) atoms. The molecular weight excluding hydrogens is 279 g/mol. The Balaban J connectivity index is 1.89. The summed E-state index contributed by atoms with van der Waals surface area (Å²) >= 11 is 5.64. The number of aromatic nitrogens is 2. The largest absolute Gasteiger partial charge is 0.388 e. The Morgan fingerprint density at radius 3 is 2.95 bits per heavy atom. The van der Waals surface area contributed by atoms with Crippen molar-refractivity contribution in [2.24, 2.45) is 0 Å². The quantitative estimate of drug-likeness (QED) is 0.803. The highest BCUT2D eigenvalue weighted by Gasteiger charge is 2.14. The van der Waals surface area contributed by atoms with Crippen molar-refractivity contribution in [3.8, 4) is 0 Å². The second-order valence-electron chi connectivity index (χ2n) is 4.60. The number of halogens is 2. The van der Waals surface area contributed by atoms with Crippen LogP contribution in [0.5, 0.6) is 0 Å². The van der Waals surface area contributed by atoms with Crippen molar-refractivity contribution < 1.29 is 9.50 Å². The van der Waals surface area contributed by atoms with Gasteiger partial charge in [0.25, 0.3) is 0 Å². The second-order valence-corrected chi connectivity index (χ2v) is 5.01. The van der Waals surface area contributed by atoms with E-state index in [1.54, 1.807) is 16.8 Å². The number of hydrogen-bond donors (Lipinski definition) is 1. The monoisotopic (exact) mass is 290 g/mol. The summed E-state index contributed by atoms with van der Waals surface area (Å²) in [7, 11) is 0. The molecule has 0 amide bonds. The molecule has 102 valence electrons. The van der Waals surface area contributed by atoms with Crippen LogP contribution in [0.3, 0.4) is 0 Å². The molecule has 3 aromatic rings. The predicted molar refractivity (Wildman–Crippen MR) is 75.3 cm³/mol. The summed E-state index contributed by atoms with van der Waals surface area (Å²) in [5.41, 5.74) is 2.25. The van der Waals surface area contributed by atoms with Crippen molar-refractivity contribution in [3.05, 3.63) is 70.8 Å². The highest BCUT2D eigenvalue weighted by atomic mass is 35.5. The third kappa shape index (κ3) is 2.40. The van der Waals surface area contributed by atoms with E-state index in [4.69, 9.17) is 11.6 Å². The fourth-order valence-electron chi connectivity index (χ4n) is 2.21. The molecule has 0 saturated carbocycles. The van der Waals surface area contributed by atoms with E-state index in [0.29, 0.717) is 12.0 Å². The van der Waals surface area contributed by atoms with Crippen LogP contribution in [0.15, 0.2) is 48.8 Å². The number of benzene rings is 1. The lowest BCUT2D eigenvalue weighted by atomic mass is 10.0. The van der Waals surface area contributed by atoms with Crippen molar-refractivity contribution in [2.75, 3.05) is 0 Å². The third-order valence-electron chi connectivity index (χ3n) is 3.23. The molecule has 1 aromatic carbocycles. The molecule has 0 aliphatic carbocycles. The zero-order valence-corrected chi connectivity index (χ0v) is 11.3. The van der Waals surface area contributed by atoms with Gasteiger partial charge in [-0.05, 0) is 29.8 Å². The lowest BCUT2D eigenvalue weighted by molar-refractivity contribution is 0.180. The molecule has 2 aromatic heterocycles. The molecule has 0 aliphatic rings. The zero-order chi connectivity index (χ0) is 14.1. The molecule has 0 spiro atoms. The maximum Gasteiger partial charge on any atom is 0.142 e. The summed E-state index contributed by atoms with van der Waals surface area (Å²) in [5.74, 6) is -0.476. The summed E-state index contributed by atoms with van der Waals surface area (Å²) < 4.78 is 15.1. The fourth-order valence-corrected chi connectivity index (χ4v) is 2.33. The van der Waals surface area contributed by atoms with E-state index in [9.17, 15) is 9.50 Å². The second kappa shape index (κ2) is 5.23. The van der Waals surface area contributed by atoms with Crippen LogP contribution in [0.2, 0.25) is 5.02 Å². The third-order valence-corrected chi connectivity index (χ3v) is 3.53. The number of fused-ring (bicyclic) bond motifs is 1. The van der Waals surface area contributed by atoms with Crippen molar-refractivity contribution >= 4 is 17.1 Å². The predicted octanol–water partition coefficient (Wildman–Crippen LogP) is 3.40. The van der Waals surface area contributed by atoms with E-state index in [1.165, 1.54) is 12.1 Å². The van der Waals surface area contributed by atoms with Gasteiger partial charge in [0.2, 0.25) is 0 Å². The highest BCUT2D eigenvalue weighted by molar-refractivity contribution is 6.30. The molecule has 0 fully saturated rings. The van der Waals surface area contributed by atoms with Crippen LogP contribution in [0, 0.1) is 5.82 Å². The summed E-state index contributed by atoms with van der Waals surface area (Å²) in [4.78, 5) is 0. The average Bonchev–Trinajstić information content (AvgIpc) is 2.87. The fraction of sp³-hybridized carbons (Fsp3) is 0.133. The van der Waals surface area contributed by atoms with Gasteiger partial charge in [-0.2, -0.15) is 5.10 Å². The molecule has 0 radical (unpaired) electrons. The standard InChI is InChI=1S/C15H12ClFN2O/c16-12-5-4-10(7-13(12)17)8-15(20)11-9-18-19-6-2-1-3-14(11)19/h1-7,9,15,20H,8H2. The number of rotatable bonds is 3. The molecule has 5 heteroatoms. The van der Waals surface area contributed by atoms with E-state index in [1.807, 2.05) is 24.4 Å². The van der Waals surface area contributed by atoms with Crippen molar-refractivity contribution in [1.29, 1.82) is 0 Å². The Morgan fingerprint density at radius 2 is 2.15 bits per heavy atom. The molecule has 3 nitrogen and oxygen atoms in total. The van der Waals surface area contributed by atoms with E-state index in [2.05, 4.69) is 5.10 Å². The maximum absolute atomic E-state index is 13.4. The number of aliphatic hydroxyl groups is 1. The van der Waals surface area contributed by atoms with Crippen molar-refractivity contribution in [2.45, 2.75) is 12.5 Å². The minimum Gasteiger partial charge on any atom is -0.388 e. The minimum absolute atomic E-state index is 0.0826. The SMILES string of the molecule is OC(Cc1ccc(Cl)c(F)c1)c1cnn2ccccc12. The number of aliphatic hydroxyl groups excluding tert-OH is 1. The lowest BCUT2D eigenvalue weighted by Crippen LogP contribution is -2.02. The molecule has 1 N–H and O–H groups in total. The zero-order valence-electron chi connectivity index (χ0n) is 10.5.